The molecule has 0 saturated heterocycles. The highest BCUT2D eigenvalue weighted by atomic mass is 35.5. The second kappa shape index (κ2) is 9.89. The second-order valence-electron chi connectivity index (χ2n) is 5.49. The van der Waals surface area contributed by atoms with Crippen LogP contribution in [0.3, 0.4) is 0 Å². The van der Waals surface area contributed by atoms with Gasteiger partial charge in [0.15, 0.2) is 5.11 Å². The number of ether oxygens (including phenoxy) is 1. The number of hydrogen-bond donors (Lipinski definition) is 2. The molecule has 2 aromatic carbocycles. The highest BCUT2D eigenvalue weighted by Gasteiger charge is 2.10. The maximum atomic E-state index is 12.1. The van der Waals surface area contributed by atoms with E-state index in [2.05, 4.69) is 10.6 Å². The molecule has 0 aliphatic rings. The average Bonchev–Trinajstić information content (AvgIpc) is 2.62. The smallest absolute Gasteiger partial charge is 0.338 e. The van der Waals surface area contributed by atoms with E-state index in [-0.39, 0.29) is 11.0 Å². The van der Waals surface area contributed by atoms with E-state index in [1.165, 1.54) is 0 Å². The third-order valence-corrected chi connectivity index (χ3v) is 3.84. The fourth-order valence-electron chi connectivity index (χ4n) is 2.08. The zero-order chi connectivity index (χ0) is 18.9. The molecule has 2 aromatic rings. The number of halogens is 1. The van der Waals surface area contributed by atoms with Crippen LogP contribution >= 0.6 is 23.8 Å². The monoisotopic (exact) mass is 390 g/mol. The van der Waals surface area contributed by atoms with E-state index in [1.54, 1.807) is 48.5 Å². The Kier molecular flexibility index (Phi) is 7.56. The van der Waals surface area contributed by atoms with Crippen LogP contribution in [0, 0.1) is 0 Å². The number of carbonyl (C=O) groups excluding carboxylic acids is 2. The Balaban J connectivity index is 1.95. The SMILES string of the molecule is CCCCOC(=O)c1cccc(NC(=S)NC(=O)c2cccc(Cl)c2)c1. The number of rotatable bonds is 6. The second-order valence-corrected chi connectivity index (χ2v) is 6.33. The third-order valence-electron chi connectivity index (χ3n) is 3.40. The summed E-state index contributed by atoms with van der Waals surface area (Å²) in [6.45, 7) is 2.41. The predicted molar refractivity (Wildman–Crippen MR) is 107 cm³/mol. The first-order valence-corrected chi connectivity index (χ1v) is 8.93. The van der Waals surface area contributed by atoms with Crippen LogP contribution in [0.1, 0.15) is 40.5 Å². The van der Waals surface area contributed by atoms with Gasteiger partial charge in [-0.3, -0.25) is 10.1 Å². The molecule has 0 aliphatic carbocycles. The summed E-state index contributed by atoms with van der Waals surface area (Å²) in [6.07, 6.45) is 1.78. The number of esters is 1. The molecule has 0 atom stereocenters. The summed E-state index contributed by atoms with van der Waals surface area (Å²) in [5, 5.41) is 6.03. The van der Waals surface area contributed by atoms with Gasteiger partial charge in [0.1, 0.15) is 0 Å². The van der Waals surface area contributed by atoms with E-state index in [1.807, 2.05) is 6.92 Å². The molecule has 0 fully saturated rings. The van der Waals surface area contributed by atoms with Gasteiger partial charge in [0, 0.05) is 16.3 Å². The zero-order valence-electron chi connectivity index (χ0n) is 14.3. The summed E-state index contributed by atoms with van der Waals surface area (Å²) in [4.78, 5) is 24.1. The van der Waals surface area contributed by atoms with Crippen LogP contribution in [0.2, 0.25) is 5.02 Å². The summed E-state index contributed by atoms with van der Waals surface area (Å²) in [5.74, 6) is -0.767. The van der Waals surface area contributed by atoms with Crippen molar-refractivity contribution >= 4 is 46.5 Å². The Morgan fingerprint density at radius 2 is 1.85 bits per heavy atom. The minimum absolute atomic E-state index is 0.117. The zero-order valence-corrected chi connectivity index (χ0v) is 15.8. The number of anilines is 1. The van der Waals surface area contributed by atoms with Crippen molar-refractivity contribution in [3.8, 4) is 0 Å². The van der Waals surface area contributed by atoms with E-state index in [0.717, 1.165) is 12.8 Å². The van der Waals surface area contributed by atoms with Gasteiger partial charge in [-0.05, 0) is 55.0 Å². The molecule has 0 radical (unpaired) electrons. The summed E-state index contributed by atoms with van der Waals surface area (Å²) >= 11 is 11.0. The maximum Gasteiger partial charge on any atom is 0.338 e. The van der Waals surface area contributed by atoms with Crippen LogP contribution in [0.25, 0.3) is 0 Å². The third kappa shape index (κ3) is 6.13. The molecule has 26 heavy (non-hydrogen) atoms. The summed E-state index contributed by atoms with van der Waals surface area (Å²) < 4.78 is 5.18. The van der Waals surface area contributed by atoms with Gasteiger partial charge in [-0.1, -0.05) is 37.1 Å². The average molecular weight is 391 g/mol. The number of hydrogen-bond acceptors (Lipinski definition) is 4. The minimum Gasteiger partial charge on any atom is -0.462 e. The van der Waals surface area contributed by atoms with Crippen LogP contribution in [0.15, 0.2) is 48.5 Å². The molecule has 0 aromatic heterocycles. The normalized spacial score (nSPS) is 10.1. The van der Waals surface area contributed by atoms with Gasteiger partial charge in [-0.15, -0.1) is 0 Å². The van der Waals surface area contributed by atoms with Crippen molar-refractivity contribution in [1.29, 1.82) is 0 Å². The number of thiocarbonyl (C=S) groups is 1. The van der Waals surface area contributed by atoms with Crippen LogP contribution in [0.5, 0.6) is 0 Å². The number of nitrogens with one attached hydrogen (secondary N) is 2. The molecule has 7 heteroatoms. The lowest BCUT2D eigenvalue weighted by Gasteiger charge is -2.11. The standard InChI is InChI=1S/C19H19ClN2O3S/c1-2-3-10-25-18(24)14-7-5-9-16(12-14)21-19(26)22-17(23)13-6-4-8-15(20)11-13/h4-9,11-12H,2-3,10H2,1H3,(H2,21,22,23,26). The van der Waals surface area contributed by atoms with Crippen LogP contribution in [-0.4, -0.2) is 23.6 Å². The minimum atomic E-state index is -0.393. The Labute approximate surface area is 162 Å². The molecular weight excluding hydrogens is 372 g/mol. The Bertz CT molecular complexity index is 811. The van der Waals surface area contributed by atoms with Crippen molar-refractivity contribution in [3.05, 3.63) is 64.7 Å². The Hall–Kier alpha value is -2.44. The number of amides is 1. The van der Waals surface area contributed by atoms with Crippen molar-refractivity contribution in [2.24, 2.45) is 0 Å². The van der Waals surface area contributed by atoms with Crippen molar-refractivity contribution in [2.75, 3.05) is 11.9 Å². The first-order valence-electron chi connectivity index (χ1n) is 8.14. The van der Waals surface area contributed by atoms with Gasteiger partial charge in [0.2, 0.25) is 0 Å². The van der Waals surface area contributed by atoms with Crippen molar-refractivity contribution < 1.29 is 14.3 Å². The largest absolute Gasteiger partial charge is 0.462 e. The Morgan fingerprint density at radius 3 is 2.58 bits per heavy atom. The molecule has 0 spiro atoms. The molecule has 0 heterocycles. The molecule has 0 bridgehead atoms. The lowest BCUT2D eigenvalue weighted by molar-refractivity contribution is 0.0499. The van der Waals surface area contributed by atoms with Crippen molar-refractivity contribution in [1.82, 2.24) is 5.32 Å². The quantitative estimate of drug-likeness (QED) is 0.434. The maximum absolute atomic E-state index is 12.1. The van der Waals surface area contributed by atoms with E-state index in [4.69, 9.17) is 28.6 Å². The van der Waals surface area contributed by atoms with Gasteiger partial charge < -0.3 is 10.1 Å². The lowest BCUT2D eigenvalue weighted by Crippen LogP contribution is -2.34. The van der Waals surface area contributed by atoms with Gasteiger partial charge >= 0.3 is 5.97 Å². The van der Waals surface area contributed by atoms with Gasteiger partial charge in [-0.2, -0.15) is 0 Å². The molecule has 0 aliphatic heterocycles. The fraction of sp³-hybridized carbons (Fsp3) is 0.211. The van der Waals surface area contributed by atoms with E-state index >= 15 is 0 Å². The van der Waals surface area contributed by atoms with Crippen LogP contribution in [-0.2, 0) is 4.74 Å². The van der Waals surface area contributed by atoms with Crippen LogP contribution in [0.4, 0.5) is 5.69 Å². The summed E-state index contributed by atoms with van der Waals surface area (Å²) in [6, 6.07) is 13.3. The first-order chi connectivity index (χ1) is 12.5. The highest BCUT2D eigenvalue weighted by Crippen LogP contribution is 2.13. The van der Waals surface area contributed by atoms with Gasteiger partial charge in [-0.25, -0.2) is 4.79 Å². The Morgan fingerprint density at radius 1 is 1.12 bits per heavy atom. The number of unbranched alkanes of at least 4 members (excludes halogenated alkanes) is 1. The van der Waals surface area contributed by atoms with Gasteiger partial charge in [0.25, 0.3) is 5.91 Å². The van der Waals surface area contributed by atoms with Gasteiger partial charge in [0.05, 0.1) is 12.2 Å². The number of carbonyl (C=O) groups is 2. The lowest BCUT2D eigenvalue weighted by atomic mass is 10.2. The van der Waals surface area contributed by atoms with Crippen molar-refractivity contribution in [2.45, 2.75) is 19.8 Å². The van der Waals surface area contributed by atoms with E-state index in [0.29, 0.717) is 28.4 Å². The predicted octanol–water partition coefficient (Wildman–Crippen LogP) is 4.42. The molecule has 0 unspecified atom stereocenters. The topological polar surface area (TPSA) is 67.4 Å². The highest BCUT2D eigenvalue weighted by molar-refractivity contribution is 7.80. The van der Waals surface area contributed by atoms with E-state index in [9.17, 15) is 9.59 Å². The number of benzene rings is 2. The van der Waals surface area contributed by atoms with Crippen LogP contribution < -0.4 is 10.6 Å². The first kappa shape index (κ1) is 19.9. The fourth-order valence-corrected chi connectivity index (χ4v) is 2.48. The molecule has 2 rings (SSSR count). The van der Waals surface area contributed by atoms with E-state index < -0.39 is 5.97 Å². The molecule has 5 nitrogen and oxygen atoms in total. The van der Waals surface area contributed by atoms with Crippen molar-refractivity contribution in [3.63, 3.8) is 0 Å². The molecule has 136 valence electrons. The molecule has 1 amide bonds. The molecular formula is C19H19ClN2O3S. The summed E-state index contributed by atoms with van der Waals surface area (Å²) in [5.41, 5.74) is 1.39. The molecule has 0 saturated carbocycles. The summed E-state index contributed by atoms with van der Waals surface area (Å²) in [7, 11) is 0. The molecule has 2 N–H and O–H groups in total.